The Morgan fingerprint density at radius 2 is 1.80 bits per heavy atom. The monoisotopic (exact) mass is 398 g/mol. The summed E-state index contributed by atoms with van der Waals surface area (Å²) in [5.74, 6) is 0.0610. The standard InChI is InChI=1S/C27H26O3/c1-18-6-3-7-19(2)27(18)23-10-4-8-22(17-23)24-11-5-9-21-16-20(13-15-26(28)29)12-14-25(21)30-24/h3-10,12,14,16-17,24H,11,13,15H2,1-2H3,(H,28,29). The van der Waals surface area contributed by atoms with Gasteiger partial charge in [-0.05, 0) is 71.8 Å². The van der Waals surface area contributed by atoms with Gasteiger partial charge in [-0.3, -0.25) is 4.79 Å². The van der Waals surface area contributed by atoms with Crippen LogP contribution in [-0.2, 0) is 11.2 Å². The van der Waals surface area contributed by atoms with Crippen LogP contribution in [-0.4, -0.2) is 11.1 Å². The van der Waals surface area contributed by atoms with E-state index in [1.54, 1.807) is 0 Å². The Kier molecular flexibility index (Phi) is 5.71. The molecule has 0 fully saturated rings. The van der Waals surface area contributed by atoms with Crippen LogP contribution in [0, 0.1) is 13.8 Å². The molecule has 0 bridgehead atoms. The number of aryl methyl sites for hydroxylation is 3. The molecule has 1 aliphatic rings. The molecule has 30 heavy (non-hydrogen) atoms. The summed E-state index contributed by atoms with van der Waals surface area (Å²) in [5, 5.41) is 8.92. The number of hydrogen-bond acceptors (Lipinski definition) is 2. The van der Waals surface area contributed by atoms with Crippen molar-refractivity contribution in [3.05, 3.63) is 94.6 Å². The highest BCUT2D eigenvalue weighted by molar-refractivity contribution is 5.71. The smallest absolute Gasteiger partial charge is 0.303 e. The number of ether oxygens (including phenoxy) is 1. The first-order valence-electron chi connectivity index (χ1n) is 10.4. The average molecular weight is 399 g/mol. The molecule has 1 unspecified atom stereocenters. The lowest BCUT2D eigenvalue weighted by molar-refractivity contribution is -0.136. The van der Waals surface area contributed by atoms with Crippen molar-refractivity contribution in [3.63, 3.8) is 0 Å². The van der Waals surface area contributed by atoms with E-state index >= 15 is 0 Å². The van der Waals surface area contributed by atoms with E-state index in [1.165, 1.54) is 22.3 Å². The third-order valence-electron chi connectivity index (χ3n) is 5.65. The molecule has 0 amide bonds. The SMILES string of the molecule is Cc1cccc(C)c1-c1cccc(C2CC=Cc3cc(CCC(=O)O)ccc3O2)c1. The summed E-state index contributed by atoms with van der Waals surface area (Å²) in [5.41, 5.74) is 8.21. The summed E-state index contributed by atoms with van der Waals surface area (Å²) in [6.45, 7) is 4.30. The van der Waals surface area contributed by atoms with Crippen LogP contribution in [0.1, 0.15) is 46.8 Å². The van der Waals surface area contributed by atoms with Crippen molar-refractivity contribution in [2.75, 3.05) is 0 Å². The lowest BCUT2D eigenvalue weighted by Crippen LogP contribution is -2.07. The van der Waals surface area contributed by atoms with E-state index in [-0.39, 0.29) is 12.5 Å². The van der Waals surface area contributed by atoms with Gasteiger partial charge < -0.3 is 9.84 Å². The molecular formula is C27H26O3. The molecule has 0 aromatic heterocycles. The second-order valence-electron chi connectivity index (χ2n) is 7.90. The maximum atomic E-state index is 10.8. The summed E-state index contributed by atoms with van der Waals surface area (Å²) < 4.78 is 6.40. The van der Waals surface area contributed by atoms with Gasteiger partial charge in [-0.25, -0.2) is 0 Å². The maximum absolute atomic E-state index is 10.8. The van der Waals surface area contributed by atoms with Gasteiger partial charge in [0.15, 0.2) is 0 Å². The van der Waals surface area contributed by atoms with Gasteiger partial charge in [-0.2, -0.15) is 0 Å². The molecule has 3 heteroatoms. The Morgan fingerprint density at radius 3 is 2.57 bits per heavy atom. The zero-order chi connectivity index (χ0) is 21.1. The predicted octanol–water partition coefficient (Wildman–Crippen LogP) is 6.52. The molecule has 1 aliphatic heterocycles. The van der Waals surface area contributed by atoms with Crippen LogP contribution in [0.25, 0.3) is 17.2 Å². The lowest BCUT2D eigenvalue weighted by atomic mass is 9.93. The molecule has 0 aliphatic carbocycles. The molecule has 0 saturated carbocycles. The first kappa shape index (κ1) is 20.0. The van der Waals surface area contributed by atoms with E-state index in [1.807, 2.05) is 18.2 Å². The number of carboxylic acid groups (broad SMARTS) is 1. The third kappa shape index (κ3) is 4.30. The Labute approximate surface area is 177 Å². The molecule has 3 aromatic rings. The van der Waals surface area contributed by atoms with Crippen molar-refractivity contribution in [1.82, 2.24) is 0 Å². The minimum absolute atomic E-state index is 0.0587. The first-order chi connectivity index (χ1) is 14.5. The van der Waals surface area contributed by atoms with Crippen molar-refractivity contribution in [3.8, 4) is 16.9 Å². The van der Waals surface area contributed by atoms with Gasteiger partial charge in [0, 0.05) is 18.4 Å². The lowest BCUT2D eigenvalue weighted by Gasteiger charge is -2.20. The molecule has 3 nitrogen and oxygen atoms in total. The summed E-state index contributed by atoms with van der Waals surface area (Å²) in [6.07, 6.45) is 5.61. The third-order valence-corrected chi connectivity index (χ3v) is 5.65. The minimum Gasteiger partial charge on any atom is -0.485 e. The van der Waals surface area contributed by atoms with E-state index in [0.29, 0.717) is 6.42 Å². The van der Waals surface area contributed by atoms with Gasteiger partial charge in [0.2, 0.25) is 0 Å². The van der Waals surface area contributed by atoms with Gasteiger partial charge in [0.05, 0.1) is 0 Å². The fourth-order valence-corrected chi connectivity index (χ4v) is 4.13. The molecule has 0 saturated heterocycles. The number of benzene rings is 3. The Hall–Kier alpha value is -3.33. The first-order valence-corrected chi connectivity index (χ1v) is 10.4. The molecular weight excluding hydrogens is 372 g/mol. The zero-order valence-electron chi connectivity index (χ0n) is 17.4. The van der Waals surface area contributed by atoms with E-state index in [0.717, 1.165) is 28.9 Å². The number of fused-ring (bicyclic) bond motifs is 1. The van der Waals surface area contributed by atoms with E-state index in [9.17, 15) is 4.79 Å². The van der Waals surface area contributed by atoms with Crippen molar-refractivity contribution < 1.29 is 14.6 Å². The van der Waals surface area contributed by atoms with Crippen LogP contribution in [0.3, 0.4) is 0 Å². The van der Waals surface area contributed by atoms with Crippen molar-refractivity contribution in [2.45, 2.75) is 39.2 Å². The Bertz CT molecular complexity index is 1090. The van der Waals surface area contributed by atoms with E-state index in [4.69, 9.17) is 9.84 Å². The quantitative estimate of drug-likeness (QED) is 0.532. The molecule has 1 N–H and O–H groups in total. The highest BCUT2D eigenvalue weighted by Crippen LogP contribution is 2.35. The van der Waals surface area contributed by atoms with Crippen LogP contribution in [0.2, 0.25) is 0 Å². The van der Waals surface area contributed by atoms with Crippen LogP contribution in [0.5, 0.6) is 5.75 Å². The van der Waals surface area contributed by atoms with Crippen molar-refractivity contribution in [1.29, 1.82) is 0 Å². The average Bonchev–Trinajstić information content (AvgIpc) is 2.94. The van der Waals surface area contributed by atoms with Crippen LogP contribution < -0.4 is 4.74 Å². The largest absolute Gasteiger partial charge is 0.485 e. The fraction of sp³-hybridized carbons (Fsp3) is 0.222. The summed E-state index contributed by atoms with van der Waals surface area (Å²) in [7, 11) is 0. The van der Waals surface area contributed by atoms with Gasteiger partial charge in [0.1, 0.15) is 11.9 Å². The highest BCUT2D eigenvalue weighted by Gasteiger charge is 2.18. The fourth-order valence-electron chi connectivity index (χ4n) is 4.13. The van der Waals surface area contributed by atoms with Gasteiger partial charge in [-0.15, -0.1) is 0 Å². The van der Waals surface area contributed by atoms with E-state index in [2.05, 4.69) is 68.5 Å². The molecule has 152 valence electrons. The number of rotatable bonds is 5. The summed E-state index contributed by atoms with van der Waals surface area (Å²) >= 11 is 0. The van der Waals surface area contributed by atoms with Crippen molar-refractivity contribution in [2.24, 2.45) is 0 Å². The van der Waals surface area contributed by atoms with Crippen LogP contribution >= 0.6 is 0 Å². The number of carboxylic acids is 1. The van der Waals surface area contributed by atoms with Crippen LogP contribution in [0.4, 0.5) is 0 Å². The molecule has 4 rings (SSSR count). The summed E-state index contributed by atoms with van der Waals surface area (Å²) in [6, 6.07) is 21.0. The van der Waals surface area contributed by atoms with Crippen LogP contribution in [0.15, 0.2) is 66.7 Å². The van der Waals surface area contributed by atoms with Gasteiger partial charge >= 0.3 is 5.97 Å². The molecule has 3 aromatic carbocycles. The number of carbonyl (C=O) groups is 1. The van der Waals surface area contributed by atoms with Crippen molar-refractivity contribution >= 4 is 12.0 Å². The van der Waals surface area contributed by atoms with Gasteiger partial charge in [0.25, 0.3) is 0 Å². The normalized spacial score (nSPS) is 15.2. The summed E-state index contributed by atoms with van der Waals surface area (Å²) in [4.78, 5) is 10.8. The van der Waals surface area contributed by atoms with E-state index < -0.39 is 5.97 Å². The second-order valence-corrected chi connectivity index (χ2v) is 7.90. The van der Waals surface area contributed by atoms with Gasteiger partial charge in [-0.1, -0.05) is 54.6 Å². The minimum atomic E-state index is -0.777. The Balaban J connectivity index is 1.61. The second kappa shape index (κ2) is 8.58. The predicted molar refractivity (Wildman–Crippen MR) is 121 cm³/mol. The number of aliphatic carboxylic acids is 1. The molecule has 0 radical (unpaired) electrons. The molecule has 1 heterocycles. The highest BCUT2D eigenvalue weighted by atomic mass is 16.5. The maximum Gasteiger partial charge on any atom is 0.303 e. The number of hydrogen-bond donors (Lipinski definition) is 1. The zero-order valence-corrected chi connectivity index (χ0v) is 17.4. The Morgan fingerprint density at radius 1 is 1.03 bits per heavy atom. The molecule has 0 spiro atoms. The topological polar surface area (TPSA) is 46.5 Å². The molecule has 1 atom stereocenters.